The lowest BCUT2D eigenvalue weighted by Gasteiger charge is -2.13. The SMILES string of the molecule is CC(c1cccnc1)n1c(=S)[nH]c2cc(Br)cnc21. The van der Waals surface area contributed by atoms with Crippen molar-refractivity contribution in [2.75, 3.05) is 0 Å². The fourth-order valence-electron chi connectivity index (χ4n) is 2.12. The van der Waals surface area contributed by atoms with Gasteiger partial charge in [0, 0.05) is 23.1 Å². The maximum atomic E-state index is 5.40. The summed E-state index contributed by atoms with van der Waals surface area (Å²) in [7, 11) is 0. The average molecular weight is 335 g/mol. The first kappa shape index (κ1) is 12.5. The van der Waals surface area contributed by atoms with Crippen molar-refractivity contribution in [1.29, 1.82) is 0 Å². The number of rotatable bonds is 2. The lowest BCUT2D eigenvalue weighted by atomic mass is 10.1. The largest absolute Gasteiger partial charge is 0.329 e. The molecule has 1 atom stereocenters. The minimum Gasteiger partial charge on any atom is -0.329 e. The van der Waals surface area contributed by atoms with Gasteiger partial charge in [0.15, 0.2) is 10.4 Å². The molecule has 0 spiro atoms. The van der Waals surface area contributed by atoms with Crippen LogP contribution in [0.5, 0.6) is 0 Å². The minimum atomic E-state index is 0.0867. The fourth-order valence-corrected chi connectivity index (χ4v) is 2.80. The van der Waals surface area contributed by atoms with Gasteiger partial charge >= 0.3 is 0 Å². The molecule has 4 nitrogen and oxygen atoms in total. The maximum absolute atomic E-state index is 5.40. The molecule has 0 saturated heterocycles. The van der Waals surface area contributed by atoms with Crippen molar-refractivity contribution in [3.8, 4) is 0 Å². The minimum absolute atomic E-state index is 0.0867. The molecule has 1 unspecified atom stereocenters. The van der Waals surface area contributed by atoms with E-state index >= 15 is 0 Å². The highest BCUT2D eigenvalue weighted by Gasteiger charge is 2.14. The fraction of sp³-hybridized carbons (Fsp3) is 0.154. The van der Waals surface area contributed by atoms with Gasteiger partial charge < -0.3 is 4.98 Å². The first-order chi connectivity index (χ1) is 9.16. The van der Waals surface area contributed by atoms with Crippen LogP contribution >= 0.6 is 28.1 Å². The van der Waals surface area contributed by atoms with E-state index in [-0.39, 0.29) is 6.04 Å². The van der Waals surface area contributed by atoms with Gasteiger partial charge in [-0.15, -0.1) is 0 Å². The van der Waals surface area contributed by atoms with E-state index in [0.29, 0.717) is 4.77 Å². The van der Waals surface area contributed by atoms with Gasteiger partial charge in [0.25, 0.3) is 0 Å². The second-order valence-electron chi connectivity index (χ2n) is 4.29. The number of aromatic nitrogens is 4. The van der Waals surface area contributed by atoms with E-state index in [1.807, 2.05) is 29.0 Å². The standard InChI is InChI=1S/C13H11BrN4S/c1-8(9-3-2-4-15-6-9)18-12-11(17-13(18)19)5-10(14)7-16-12/h2-8H,1H3,(H,17,19). The third-order valence-electron chi connectivity index (χ3n) is 3.08. The third-order valence-corrected chi connectivity index (χ3v) is 3.81. The van der Waals surface area contributed by atoms with Gasteiger partial charge in [-0.2, -0.15) is 0 Å². The molecule has 0 radical (unpaired) electrons. The number of pyridine rings is 2. The molecule has 3 aromatic rings. The van der Waals surface area contributed by atoms with E-state index in [2.05, 4.69) is 37.8 Å². The molecule has 0 fully saturated rings. The van der Waals surface area contributed by atoms with Crippen molar-refractivity contribution in [2.45, 2.75) is 13.0 Å². The topological polar surface area (TPSA) is 46.5 Å². The Balaban J connectivity index is 2.20. The number of hydrogen-bond donors (Lipinski definition) is 1. The molecule has 0 aromatic carbocycles. The zero-order valence-electron chi connectivity index (χ0n) is 10.2. The average Bonchev–Trinajstić information content (AvgIpc) is 2.74. The van der Waals surface area contributed by atoms with Crippen molar-refractivity contribution in [2.24, 2.45) is 0 Å². The number of halogens is 1. The molecule has 3 rings (SSSR count). The van der Waals surface area contributed by atoms with Crippen molar-refractivity contribution < 1.29 is 0 Å². The number of nitrogens with zero attached hydrogens (tertiary/aromatic N) is 3. The Kier molecular flexibility index (Phi) is 3.20. The number of fused-ring (bicyclic) bond motifs is 1. The Morgan fingerprint density at radius 1 is 1.42 bits per heavy atom. The number of nitrogens with one attached hydrogen (secondary N) is 1. The summed E-state index contributed by atoms with van der Waals surface area (Å²) < 4.78 is 3.60. The van der Waals surface area contributed by atoms with Gasteiger partial charge in [-0.05, 0) is 52.8 Å². The van der Waals surface area contributed by atoms with Gasteiger partial charge in [-0.1, -0.05) is 6.07 Å². The number of H-pyrrole nitrogens is 1. The van der Waals surface area contributed by atoms with E-state index in [0.717, 1.165) is 21.2 Å². The molecule has 0 saturated carbocycles. The van der Waals surface area contributed by atoms with Crippen molar-refractivity contribution >= 4 is 39.3 Å². The molecule has 1 N–H and O–H groups in total. The van der Waals surface area contributed by atoms with Crippen molar-refractivity contribution in [1.82, 2.24) is 19.5 Å². The Morgan fingerprint density at radius 3 is 3.00 bits per heavy atom. The number of imidazole rings is 1. The summed E-state index contributed by atoms with van der Waals surface area (Å²) in [5.41, 5.74) is 2.88. The van der Waals surface area contributed by atoms with Crippen LogP contribution < -0.4 is 0 Å². The Bertz CT molecular complexity index is 778. The van der Waals surface area contributed by atoms with Gasteiger partial charge in [0.05, 0.1) is 11.6 Å². The summed E-state index contributed by atoms with van der Waals surface area (Å²) in [4.78, 5) is 11.8. The molecule has 6 heteroatoms. The van der Waals surface area contributed by atoms with Gasteiger partial charge in [0.2, 0.25) is 0 Å². The monoisotopic (exact) mass is 334 g/mol. The summed E-state index contributed by atoms with van der Waals surface area (Å²) in [6.07, 6.45) is 5.39. The van der Waals surface area contributed by atoms with E-state index in [1.165, 1.54) is 0 Å². The summed E-state index contributed by atoms with van der Waals surface area (Å²) in [5, 5.41) is 0. The van der Waals surface area contributed by atoms with E-state index < -0.39 is 0 Å². The summed E-state index contributed by atoms with van der Waals surface area (Å²) >= 11 is 8.82. The van der Waals surface area contributed by atoms with Gasteiger partial charge in [-0.3, -0.25) is 9.55 Å². The number of aromatic amines is 1. The third kappa shape index (κ3) is 2.21. The van der Waals surface area contributed by atoms with Crippen LogP contribution in [0, 0.1) is 4.77 Å². The van der Waals surface area contributed by atoms with Crippen LogP contribution in [0.15, 0.2) is 41.3 Å². The highest BCUT2D eigenvalue weighted by molar-refractivity contribution is 9.10. The van der Waals surface area contributed by atoms with E-state index in [1.54, 1.807) is 12.4 Å². The molecule has 0 aliphatic carbocycles. The van der Waals surface area contributed by atoms with Crippen LogP contribution in [-0.4, -0.2) is 19.5 Å². The van der Waals surface area contributed by atoms with Crippen LogP contribution in [0.3, 0.4) is 0 Å². The Hall–Kier alpha value is -1.53. The molecular formula is C13H11BrN4S. The molecule has 3 aromatic heterocycles. The Labute approximate surface area is 123 Å². The highest BCUT2D eigenvalue weighted by Crippen LogP contribution is 2.24. The van der Waals surface area contributed by atoms with E-state index in [4.69, 9.17) is 12.2 Å². The molecule has 0 amide bonds. The van der Waals surface area contributed by atoms with Crippen molar-refractivity contribution in [3.05, 3.63) is 51.6 Å². The second kappa shape index (κ2) is 4.86. The van der Waals surface area contributed by atoms with Gasteiger partial charge in [0.1, 0.15) is 0 Å². The molecule has 0 bridgehead atoms. The van der Waals surface area contributed by atoms with Crippen LogP contribution in [0.1, 0.15) is 18.5 Å². The molecular weight excluding hydrogens is 324 g/mol. The van der Waals surface area contributed by atoms with Crippen LogP contribution in [0.25, 0.3) is 11.2 Å². The summed E-state index contributed by atoms with van der Waals surface area (Å²) in [6.45, 7) is 2.09. The smallest absolute Gasteiger partial charge is 0.179 e. The predicted octanol–water partition coefficient (Wildman–Crippen LogP) is 3.86. The maximum Gasteiger partial charge on any atom is 0.179 e. The lowest BCUT2D eigenvalue weighted by molar-refractivity contribution is 0.641. The van der Waals surface area contributed by atoms with Crippen LogP contribution in [0.2, 0.25) is 0 Å². The molecule has 19 heavy (non-hydrogen) atoms. The molecule has 0 aliphatic rings. The molecule has 96 valence electrons. The second-order valence-corrected chi connectivity index (χ2v) is 5.59. The zero-order valence-corrected chi connectivity index (χ0v) is 12.6. The molecule has 0 aliphatic heterocycles. The normalized spacial score (nSPS) is 12.7. The summed E-state index contributed by atoms with van der Waals surface area (Å²) in [5.74, 6) is 0. The van der Waals surface area contributed by atoms with Crippen LogP contribution in [-0.2, 0) is 0 Å². The zero-order chi connectivity index (χ0) is 13.4. The predicted molar refractivity (Wildman–Crippen MR) is 80.7 cm³/mol. The quantitative estimate of drug-likeness (QED) is 0.724. The van der Waals surface area contributed by atoms with Gasteiger partial charge in [-0.25, -0.2) is 4.98 Å². The van der Waals surface area contributed by atoms with E-state index in [9.17, 15) is 0 Å². The highest BCUT2D eigenvalue weighted by atomic mass is 79.9. The number of hydrogen-bond acceptors (Lipinski definition) is 3. The van der Waals surface area contributed by atoms with Crippen LogP contribution in [0.4, 0.5) is 0 Å². The Morgan fingerprint density at radius 2 is 2.26 bits per heavy atom. The first-order valence-corrected chi connectivity index (χ1v) is 7.02. The molecule has 3 heterocycles. The van der Waals surface area contributed by atoms with Crippen molar-refractivity contribution in [3.63, 3.8) is 0 Å². The summed E-state index contributed by atoms with van der Waals surface area (Å²) in [6, 6.07) is 6.03. The lowest BCUT2D eigenvalue weighted by Crippen LogP contribution is -2.07. The first-order valence-electron chi connectivity index (χ1n) is 5.82.